The largest absolute Gasteiger partial charge is 0.497 e. The van der Waals surface area contributed by atoms with Crippen LogP contribution in [0.4, 0.5) is 0 Å². The second-order valence-electron chi connectivity index (χ2n) is 8.59. The number of sulfonamides is 1. The van der Waals surface area contributed by atoms with Gasteiger partial charge in [-0.3, -0.25) is 9.36 Å². The van der Waals surface area contributed by atoms with Crippen LogP contribution in [0, 0.1) is 6.92 Å². The highest BCUT2D eigenvalue weighted by Gasteiger charge is 2.40. The smallest absolute Gasteiger partial charge is 0.249 e. The Hall–Kier alpha value is -3.42. The zero-order valence-electron chi connectivity index (χ0n) is 19.1. The standard InChI is InChI=1S/C27H26N2O4S/c1-19-12-14-22(15-13-19)34(31,32)29-16-6-11-26(29)27(30)28-18-24(23-9-3-4-10-25(23)28)20-7-5-8-21(17-20)33-2/h3-5,7-10,12-15,17-18,26H,6,11,16H2,1-2H3. The van der Waals surface area contributed by atoms with E-state index in [1.807, 2.05) is 61.7 Å². The predicted molar refractivity (Wildman–Crippen MR) is 133 cm³/mol. The summed E-state index contributed by atoms with van der Waals surface area (Å²) < 4.78 is 35.2. The van der Waals surface area contributed by atoms with Crippen molar-refractivity contribution in [3.8, 4) is 16.9 Å². The van der Waals surface area contributed by atoms with Crippen molar-refractivity contribution in [1.29, 1.82) is 0 Å². The second-order valence-corrected chi connectivity index (χ2v) is 10.5. The number of fused-ring (bicyclic) bond motifs is 1. The molecule has 1 saturated heterocycles. The first-order valence-electron chi connectivity index (χ1n) is 11.3. The summed E-state index contributed by atoms with van der Waals surface area (Å²) in [6.07, 6.45) is 2.95. The van der Waals surface area contributed by atoms with Crippen molar-refractivity contribution in [2.75, 3.05) is 13.7 Å². The maximum absolute atomic E-state index is 13.8. The molecule has 0 bridgehead atoms. The van der Waals surface area contributed by atoms with Crippen LogP contribution in [0.3, 0.4) is 0 Å². The topological polar surface area (TPSA) is 68.6 Å². The van der Waals surface area contributed by atoms with Gasteiger partial charge in [0.1, 0.15) is 11.8 Å². The Morgan fingerprint density at radius 2 is 1.76 bits per heavy atom. The van der Waals surface area contributed by atoms with Gasteiger partial charge in [0.15, 0.2) is 0 Å². The van der Waals surface area contributed by atoms with E-state index in [1.165, 1.54) is 4.31 Å². The summed E-state index contributed by atoms with van der Waals surface area (Å²) in [5, 5.41) is 0.926. The Bertz CT molecular complexity index is 1470. The molecule has 7 heteroatoms. The molecule has 0 amide bonds. The van der Waals surface area contributed by atoms with E-state index in [-0.39, 0.29) is 10.8 Å². The van der Waals surface area contributed by atoms with Gasteiger partial charge in [-0.1, -0.05) is 48.0 Å². The monoisotopic (exact) mass is 474 g/mol. The molecule has 1 aliphatic rings. The highest BCUT2D eigenvalue weighted by Crippen LogP contribution is 2.34. The van der Waals surface area contributed by atoms with E-state index >= 15 is 0 Å². The molecule has 4 aromatic rings. The van der Waals surface area contributed by atoms with Crippen LogP contribution < -0.4 is 4.74 Å². The van der Waals surface area contributed by atoms with Gasteiger partial charge >= 0.3 is 0 Å². The maximum Gasteiger partial charge on any atom is 0.249 e. The lowest BCUT2D eigenvalue weighted by atomic mass is 10.0. The number of benzene rings is 3. The van der Waals surface area contributed by atoms with E-state index in [9.17, 15) is 13.2 Å². The molecule has 5 rings (SSSR count). The number of hydrogen-bond donors (Lipinski definition) is 0. The molecule has 34 heavy (non-hydrogen) atoms. The molecular formula is C27H26N2O4S. The van der Waals surface area contributed by atoms with Gasteiger partial charge < -0.3 is 4.74 Å². The fourth-order valence-corrected chi connectivity index (χ4v) is 6.31. The molecule has 0 aliphatic carbocycles. The number of carbonyl (C=O) groups excluding carboxylic acids is 1. The molecule has 6 nitrogen and oxygen atoms in total. The molecule has 1 fully saturated rings. The molecule has 0 saturated carbocycles. The number of methoxy groups -OCH3 is 1. The molecule has 1 aliphatic heterocycles. The molecule has 0 radical (unpaired) electrons. The van der Waals surface area contributed by atoms with Gasteiger partial charge in [0.2, 0.25) is 15.9 Å². The molecule has 1 atom stereocenters. The zero-order chi connectivity index (χ0) is 23.9. The number of aromatic nitrogens is 1. The fraction of sp³-hybridized carbons (Fsp3) is 0.222. The van der Waals surface area contributed by atoms with Gasteiger partial charge in [0.25, 0.3) is 0 Å². The second kappa shape index (κ2) is 8.74. The van der Waals surface area contributed by atoms with Gasteiger partial charge in [-0.25, -0.2) is 8.42 Å². The summed E-state index contributed by atoms with van der Waals surface area (Å²) >= 11 is 0. The Balaban J connectivity index is 1.56. The van der Waals surface area contributed by atoms with Gasteiger partial charge in [0, 0.05) is 23.7 Å². The quantitative estimate of drug-likeness (QED) is 0.403. The van der Waals surface area contributed by atoms with E-state index in [4.69, 9.17) is 4.74 Å². The third-order valence-electron chi connectivity index (χ3n) is 6.45. The Kier molecular flexibility index (Phi) is 5.75. The van der Waals surface area contributed by atoms with Gasteiger partial charge in [-0.15, -0.1) is 0 Å². The molecule has 1 unspecified atom stereocenters. The van der Waals surface area contributed by atoms with Crippen molar-refractivity contribution < 1.29 is 17.9 Å². The third-order valence-corrected chi connectivity index (χ3v) is 8.37. The Morgan fingerprint density at radius 1 is 1.00 bits per heavy atom. The molecule has 0 N–H and O–H groups in total. The SMILES string of the molecule is COc1cccc(-c2cn(C(=O)C3CCCN3S(=O)(=O)c3ccc(C)cc3)c3ccccc23)c1. The summed E-state index contributed by atoms with van der Waals surface area (Å²) in [6.45, 7) is 2.24. The molecule has 2 heterocycles. The zero-order valence-corrected chi connectivity index (χ0v) is 20.0. The average molecular weight is 475 g/mol. The third kappa shape index (κ3) is 3.81. The van der Waals surface area contributed by atoms with Gasteiger partial charge in [-0.05, 0) is 55.7 Å². The lowest BCUT2D eigenvalue weighted by Gasteiger charge is -2.23. The van der Waals surface area contributed by atoms with Crippen molar-refractivity contribution in [2.24, 2.45) is 0 Å². The fourth-order valence-electron chi connectivity index (χ4n) is 4.66. The highest BCUT2D eigenvalue weighted by atomic mass is 32.2. The van der Waals surface area contributed by atoms with E-state index in [1.54, 1.807) is 35.9 Å². The van der Waals surface area contributed by atoms with Gasteiger partial charge in [-0.2, -0.15) is 4.31 Å². The maximum atomic E-state index is 13.8. The van der Waals surface area contributed by atoms with Crippen LogP contribution in [0.1, 0.15) is 23.2 Å². The van der Waals surface area contributed by atoms with Crippen molar-refractivity contribution in [3.63, 3.8) is 0 Å². The molecule has 0 spiro atoms. The number of nitrogens with zero attached hydrogens (tertiary/aromatic N) is 2. The number of para-hydroxylation sites is 1. The number of rotatable bonds is 5. The van der Waals surface area contributed by atoms with E-state index in [2.05, 4.69) is 0 Å². The van der Waals surface area contributed by atoms with Crippen molar-refractivity contribution >= 4 is 26.8 Å². The summed E-state index contributed by atoms with van der Waals surface area (Å²) in [4.78, 5) is 14.0. The van der Waals surface area contributed by atoms with Crippen LogP contribution in [0.15, 0.2) is 83.9 Å². The molecule has 1 aromatic heterocycles. The average Bonchev–Trinajstić information content (AvgIpc) is 3.50. The van der Waals surface area contributed by atoms with Crippen molar-refractivity contribution in [3.05, 3.63) is 84.6 Å². The van der Waals surface area contributed by atoms with E-state index < -0.39 is 16.1 Å². The molecule has 174 valence electrons. The molecular weight excluding hydrogens is 448 g/mol. The van der Waals surface area contributed by atoms with Gasteiger partial charge in [0.05, 0.1) is 17.5 Å². The van der Waals surface area contributed by atoms with Crippen LogP contribution >= 0.6 is 0 Å². The lowest BCUT2D eigenvalue weighted by molar-refractivity contribution is 0.0838. The van der Waals surface area contributed by atoms with Crippen LogP contribution in [0.5, 0.6) is 5.75 Å². The predicted octanol–water partition coefficient (Wildman–Crippen LogP) is 5.12. The Morgan fingerprint density at radius 3 is 2.53 bits per heavy atom. The lowest BCUT2D eigenvalue weighted by Crippen LogP contribution is -2.42. The van der Waals surface area contributed by atoms with Crippen molar-refractivity contribution in [2.45, 2.75) is 30.7 Å². The van der Waals surface area contributed by atoms with Crippen LogP contribution in [0.25, 0.3) is 22.0 Å². The first kappa shape index (κ1) is 22.4. The minimum atomic E-state index is -3.78. The summed E-state index contributed by atoms with van der Waals surface area (Å²) in [7, 11) is -2.16. The highest BCUT2D eigenvalue weighted by molar-refractivity contribution is 7.89. The number of carbonyl (C=O) groups is 1. The normalized spacial score (nSPS) is 16.7. The van der Waals surface area contributed by atoms with Crippen LogP contribution in [0.2, 0.25) is 0 Å². The van der Waals surface area contributed by atoms with E-state index in [0.29, 0.717) is 19.4 Å². The first-order valence-corrected chi connectivity index (χ1v) is 12.7. The number of aryl methyl sites for hydroxylation is 1. The molecule has 3 aromatic carbocycles. The van der Waals surface area contributed by atoms with Crippen molar-refractivity contribution in [1.82, 2.24) is 8.87 Å². The Labute approximate surface area is 199 Å². The van der Waals surface area contributed by atoms with Crippen LogP contribution in [-0.2, 0) is 10.0 Å². The summed E-state index contributed by atoms with van der Waals surface area (Å²) in [5.41, 5.74) is 3.56. The van der Waals surface area contributed by atoms with E-state index in [0.717, 1.165) is 33.3 Å². The minimum absolute atomic E-state index is 0.215. The number of hydrogen-bond acceptors (Lipinski definition) is 4. The minimum Gasteiger partial charge on any atom is -0.497 e. The summed E-state index contributed by atoms with van der Waals surface area (Å²) in [6, 6.07) is 21.4. The summed E-state index contributed by atoms with van der Waals surface area (Å²) in [5.74, 6) is 0.491. The van der Waals surface area contributed by atoms with Crippen LogP contribution in [-0.4, -0.2) is 42.9 Å². The number of ether oxygens (including phenoxy) is 1. The first-order chi connectivity index (χ1) is 16.4.